The van der Waals surface area contributed by atoms with Gasteiger partial charge in [-0.25, -0.2) is 14.2 Å². The lowest BCUT2D eigenvalue weighted by Crippen LogP contribution is -2.06. The van der Waals surface area contributed by atoms with E-state index in [-0.39, 0.29) is 5.82 Å². The van der Waals surface area contributed by atoms with Crippen molar-refractivity contribution >= 4 is 17.3 Å². The van der Waals surface area contributed by atoms with Crippen molar-refractivity contribution in [2.45, 2.75) is 13.3 Å². The summed E-state index contributed by atoms with van der Waals surface area (Å²) in [5.41, 5.74) is 1.09. The number of thiazole rings is 1. The Bertz CT molecular complexity index is 536. The SMILES string of the molecule is CCCOC(=O)c1csc(-c2ccc(F)cc2)n1. The second kappa shape index (κ2) is 5.73. The summed E-state index contributed by atoms with van der Waals surface area (Å²) in [5, 5.41) is 2.33. The largest absolute Gasteiger partial charge is 0.461 e. The van der Waals surface area contributed by atoms with Crippen molar-refractivity contribution < 1.29 is 13.9 Å². The molecule has 0 atom stereocenters. The number of halogens is 1. The van der Waals surface area contributed by atoms with Crippen LogP contribution in [0.3, 0.4) is 0 Å². The first kappa shape index (κ1) is 12.7. The molecule has 1 aromatic heterocycles. The third kappa shape index (κ3) is 2.92. The average Bonchev–Trinajstić information content (AvgIpc) is 2.86. The summed E-state index contributed by atoms with van der Waals surface area (Å²) in [6, 6.07) is 6.00. The van der Waals surface area contributed by atoms with Gasteiger partial charge in [0, 0.05) is 10.9 Å². The predicted octanol–water partition coefficient (Wildman–Crippen LogP) is 3.52. The molecule has 0 saturated heterocycles. The number of aromatic nitrogens is 1. The van der Waals surface area contributed by atoms with E-state index in [4.69, 9.17) is 4.74 Å². The molecule has 2 aromatic rings. The van der Waals surface area contributed by atoms with Crippen molar-refractivity contribution in [2.24, 2.45) is 0 Å². The molecule has 94 valence electrons. The predicted molar refractivity (Wildman–Crippen MR) is 68.1 cm³/mol. The van der Waals surface area contributed by atoms with Gasteiger partial charge in [-0.15, -0.1) is 11.3 Å². The van der Waals surface area contributed by atoms with Crippen LogP contribution < -0.4 is 0 Å². The molecule has 0 aliphatic rings. The molecule has 0 saturated carbocycles. The Morgan fingerprint density at radius 1 is 1.39 bits per heavy atom. The summed E-state index contributed by atoms with van der Waals surface area (Å²) in [4.78, 5) is 15.7. The van der Waals surface area contributed by atoms with E-state index in [9.17, 15) is 9.18 Å². The first-order valence-electron chi connectivity index (χ1n) is 5.59. The van der Waals surface area contributed by atoms with Crippen molar-refractivity contribution in [2.75, 3.05) is 6.61 Å². The Morgan fingerprint density at radius 2 is 2.11 bits per heavy atom. The number of benzene rings is 1. The molecule has 18 heavy (non-hydrogen) atoms. The summed E-state index contributed by atoms with van der Waals surface area (Å²) in [7, 11) is 0. The van der Waals surface area contributed by atoms with E-state index in [1.807, 2.05) is 6.92 Å². The van der Waals surface area contributed by atoms with Gasteiger partial charge in [-0.3, -0.25) is 0 Å². The minimum absolute atomic E-state index is 0.294. The fourth-order valence-electron chi connectivity index (χ4n) is 1.36. The van der Waals surface area contributed by atoms with Crippen LogP contribution in [0.5, 0.6) is 0 Å². The fourth-order valence-corrected chi connectivity index (χ4v) is 2.16. The van der Waals surface area contributed by atoms with Crippen molar-refractivity contribution in [1.82, 2.24) is 4.98 Å². The fraction of sp³-hybridized carbons (Fsp3) is 0.231. The zero-order valence-electron chi connectivity index (χ0n) is 9.85. The summed E-state index contributed by atoms with van der Waals surface area (Å²) in [6.07, 6.45) is 0.778. The average molecular weight is 265 g/mol. The lowest BCUT2D eigenvalue weighted by molar-refractivity contribution is 0.0499. The van der Waals surface area contributed by atoms with Crippen LogP contribution in [0.4, 0.5) is 4.39 Å². The minimum Gasteiger partial charge on any atom is -0.461 e. The van der Waals surface area contributed by atoms with E-state index in [2.05, 4.69) is 4.98 Å². The van der Waals surface area contributed by atoms with E-state index >= 15 is 0 Å². The quantitative estimate of drug-likeness (QED) is 0.794. The molecule has 0 unspecified atom stereocenters. The Labute approximate surface area is 108 Å². The topological polar surface area (TPSA) is 39.2 Å². The number of carbonyl (C=O) groups is 1. The number of hydrogen-bond acceptors (Lipinski definition) is 4. The molecular weight excluding hydrogens is 253 g/mol. The van der Waals surface area contributed by atoms with Crippen LogP contribution in [0.15, 0.2) is 29.6 Å². The van der Waals surface area contributed by atoms with Crippen LogP contribution >= 0.6 is 11.3 Å². The van der Waals surface area contributed by atoms with Crippen LogP contribution in [0.25, 0.3) is 10.6 Å². The molecular formula is C13H12FNO2S. The summed E-state index contributed by atoms with van der Waals surface area (Å²) in [6.45, 7) is 2.32. The summed E-state index contributed by atoms with van der Waals surface area (Å²) < 4.78 is 17.8. The van der Waals surface area contributed by atoms with Gasteiger partial charge in [0.15, 0.2) is 5.69 Å². The Kier molecular flexibility index (Phi) is 4.04. The zero-order chi connectivity index (χ0) is 13.0. The lowest BCUT2D eigenvalue weighted by Gasteiger charge is -1.99. The van der Waals surface area contributed by atoms with E-state index in [1.54, 1.807) is 17.5 Å². The van der Waals surface area contributed by atoms with Crippen molar-refractivity contribution in [3.05, 3.63) is 41.2 Å². The van der Waals surface area contributed by atoms with Crippen LogP contribution in [0, 0.1) is 5.82 Å². The van der Waals surface area contributed by atoms with Crippen LogP contribution in [0.2, 0.25) is 0 Å². The molecule has 0 fully saturated rings. The van der Waals surface area contributed by atoms with Gasteiger partial charge in [-0.2, -0.15) is 0 Å². The van der Waals surface area contributed by atoms with Crippen molar-refractivity contribution in [3.8, 4) is 10.6 Å². The van der Waals surface area contributed by atoms with Gasteiger partial charge >= 0.3 is 5.97 Å². The first-order valence-corrected chi connectivity index (χ1v) is 6.47. The van der Waals surface area contributed by atoms with E-state index in [0.29, 0.717) is 17.3 Å². The Morgan fingerprint density at radius 3 is 2.78 bits per heavy atom. The molecule has 1 aromatic carbocycles. The second-order valence-corrected chi connectivity index (χ2v) is 4.54. The van der Waals surface area contributed by atoms with Gasteiger partial charge in [0.25, 0.3) is 0 Å². The normalized spacial score (nSPS) is 10.3. The van der Waals surface area contributed by atoms with Gasteiger partial charge in [0.1, 0.15) is 10.8 Å². The molecule has 0 bridgehead atoms. The maximum atomic E-state index is 12.8. The Hall–Kier alpha value is -1.75. The minimum atomic E-state index is -0.415. The standard InChI is InChI=1S/C13H12FNO2S/c1-2-7-17-13(16)11-8-18-12(15-11)9-3-5-10(14)6-4-9/h3-6,8H,2,7H2,1H3. The number of rotatable bonds is 4. The highest BCUT2D eigenvalue weighted by atomic mass is 32.1. The van der Waals surface area contributed by atoms with Crippen molar-refractivity contribution in [1.29, 1.82) is 0 Å². The highest BCUT2D eigenvalue weighted by Crippen LogP contribution is 2.24. The van der Waals surface area contributed by atoms with Gasteiger partial charge in [0.2, 0.25) is 0 Å². The molecule has 5 heteroatoms. The third-order valence-electron chi connectivity index (χ3n) is 2.24. The maximum absolute atomic E-state index is 12.8. The van der Waals surface area contributed by atoms with Gasteiger partial charge in [-0.05, 0) is 30.7 Å². The van der Waals surface area contributed by atoms with Crippen molar-refractivity contribution in [3.63, 3.8) is 0 Å². The summed E-state index contributed by atoms with van der Waals surface area (Å²) in [5.74, 6) is -0.709. The van der Waals surface area contributed by atoms with Gasteiger partial charge in [-0.1, -0.05) is 6.92 Å². The molecule has 0 radical (unpaired) electrons. The molecule has 0 amide bonds. The highest BCUT2D eigenvalue weighted by molar-refractivity contribution is 7.13. The van der Waals surface area contributed by atoms with Crippen LogP contribution in [-0.4, -0.2) is 17.6 Å². The number of hydrogen-bond donors (Lipinski definition) is 0. The molecule has 0 aliphatic heterocycles. The number of nitrogens with zero attached hydrogens (tertiary/aromatic N) is 1. The van der Waals surface area contributed by atoms with Crippen LogP contribution in [-0.2, 0) is 4.74 Å². The smallest absolute Gasteiger partial charge is 0.357 e. The maximum Gasteiger partial charge on any atom is 0.357 e. The first-order chi connectivity index (χ1) is 8.70. The van der Waals surface area contributed by atoms with Gasteiger partial charge < -0.3 is 4.74 Å². The molecule has 2 rings (SSSR count). The number of ether oxygens (including phenoxy) is 1. The number of carbonyl (C=O) groups excluding carboxylic acids is 1. The molecule has 0 aliphatic carbocycles. The third-order valence-corrected chi connectivity index (χ3v) is 3.13. The molecule has 0 spiro atoms. The molecule has 0 N–H and O–H groups in total. The lowest BCUT2D eigenvalue weighted by atomic mass is 10.2. The molecule has 1 heterocycles. The summed E-state index contributed by atoms with van der Waals surface area (Å²) >= 11 is 1.34. The molecule has 3 nitrogen and oxygen atoms in total. The highest BCUT2D eigenvalue weighted by Gasteiger charge is 2.12. The van der Waals surface area contributed by atoms with E-state index in [1.165, 1.54) is 23.5 Å². The van der Waals surface area contributed by atoms with Gasteiger partial charge in [0.05, 0.1) is 6.61 Å². The van der Waals surface area contributed by atoms with Crippen LogP contribution in [0.1, 0.15) is 23.8 Å². The zero-order valence-corrected chi connectivity index (χ0v) is 10.7. The Balaban J connectivity index is 2.15. The monoisotopic (exact) mass is 265 g/mol. The second-order valence-electron chi connectivity index (χ2n) is 3.68. The number of esters is 1. The van der Waals surface area contributed by atoms with E-state index < -0.39 is 5.97 Å². The van der Waals surface area contributed by atoms with E-state index in [0.717, 1.165) is 12.0 Å².